The Kier molecular flexibility index (Phi) is 6.16. The summed E-state index contributed by atoms with van der Waals surface area (Å²) in [6.45, 7) is 0.396. The smallest absolute Gasteiger partial charge is 0.266 e. The van der Waals surface area contributed by atoms with Crippen molar-refractivity contribution in [2.75, 3.05) is 7.05 Å². The summed E-state index contributed by atoms with van der Waals surface area (Å²) in [7, 11) is 1.72. The molecule has 0 aliphatic carbocycles. The highest BCUT2D eigenvalue weighted by Gasteiger charge is 2.30. The predicted molar refractivity (Wildman–Crippen MR) is 122 cm³/mol. The van der Waals surface area contributed by atoms with Crippen LogP contribution in [-0.2, 0) is 11.4 Å². The van der Waals surface area contributed by atoms with Gasteiger partial charge in [-0.3, -0.25) is 14.7 Å². The number of nitrogens with zero attached hydrogens (tertiary/aromatic N) is 3. The lowest BCUT2D eigenvalue weighted by Crippen LogP contribution is -2.23. The quantitative estimate of drug-likeness (QED) is 0.493. The normalized spacial score (nSPS) is 16.5. The van der Waals surface area contributed by atoms with Gasteiger partial charge in [0, 0.05) is 23.8 Å². The lowest BCUT2D eigenvalue weighted by molar-refractivity contribution is -0.121. The van der Waals surface area contributed by atoms with Gasteiger partial charge in [-0.1, -0.05) is 41.9 Å². The van der Waals surface area contributed by atoms with Crippen LogP contribution in [0.4, 0.5) is 5.69 Å². The third-order valence-corrected chi connectivity index (χ3v) is 5.83. The number of carbonyl (C=O) groups excluding carboxylic acids is 1. The second-order valence-electron chi connectivity index (χ2n) is 6.53. The van der Waals surface area contributed by atoms with E-state index in [9.17, 15) is 4.79 Å². The molecule has 0 spiro atoms. The molecule has 0 bridgehead atoms. The number of rotatable bonds is 5. The Balaban J connectivity index is 1.45. The van der Waals surface area contributed by atoms with Crippen molar-refractivity contribution in [3.05, 3.63) is 94.1 Å². The summed E-state index contributed by atoms with van der Waals surface area (Å²) in [5.74, 6) is 0.653. The van der Waals surface area contributed by atoms with E-state index in [1.54, 1.807) is 24.3 Å². The number of carbonyl (C=O) groups is 1. The van der Waals surface area contributed by atoms with Crippen LogP contribution in [0.25, 0.3) is 6.08 Å². The minimum absolute atomic E-state index is 0.0818. The van der Waals surface area contributed by atoms with Crippen molar-refractivity contribution in [2.45, 2.75) is 6.61 Å². The molecule has 1 amide bonds. The molecule has 1 aromatic heterocycles. The topological polar surface area (TPSA) is 54.8 Å². The number of likely N-dealkylation sites (N-methyl/N-ethyl adjacent to an activating group) is 1. The molecule has 1 fully saturated rings. The van der Waals surface area contributed by atoms with E-state index in [0.717, 1.165) is 16.9 Å². The standard InChI is InChI=1S/C23H18ClN3O2S/c1-27-22(28)21(30-23(27)26-18-6-4-12-25-14-18)13-16-8-10-19(11-9-16)29-15-17-5-2-3-7-20(17)24/h2-14H,15H2,1H3/b21-13-,26-23?. The van der Waals surface area contributed by atoms with E-state index in [-0.39, 0.29) is 5.91 Å². The minimum atomic E-state index is -0.0818. The number of amidine groups is 1. The number of hydrogen-bond donors (Lipinski definition) is 0. The van der Waals surface area contributed by atoms with Gasteiger partial charge in [-0.25, -0.2) is 4.99 Å². The van der Waals surface area contributed by atoms with E-state index in [0.29, 0.717) is 27.4 Å². The van der Waals surface area contributed by atoms with E-state index in [1.807, 2.05) is 66.7 Å². The number of thioether (sulfide) groups is 1. The first-order valence-corrected chi connectivity index (χ1v) is 10.4. The van der Waals surface area contributed by atoms with Gasteiger partial charge in [-0.2, -0.15) is 0 Å². The van der Waals surface area contributed by atoms with Crippen LogP contribution in [0.15, 0.2) is 83.0 Å². The molecule has 2 aromatic carbocycles. The number of aromatic nitrogens is 1. The van der Waals surface area contributed by atoms with E-state index in [4.69, 9.17) is 16.3 Å². The Morgan fingerprint density at radius 3 is 2.67 bits per heavy atom. The van der Waals surface area contributed by atoms with Crippen LogP contribution in [0.1, 0.15) is 11.1 Å². The van der Waals surface area contributed by atoms with Crippen molar-refractivity contribution in [1.29, 1.82) is 0 Å². The van der Waals surface area contributed by atoms with Gasteiger partial charge in [0.05, 0.1) is 16.8 Å². The zero-order chi connectivity index (χ0) is 20.9. The summed E-state index contributed by atoms with van der Waals surface area (Å²) in [4.78, 5) is 23.3. The fourth-order valence-electron chi connectivity index (χ4n) is 2.77. The molecular weight excluding hydrogens is 418 g/mol. The van der Waals surface area contributed by atoms with E-state index in [2.05, 4.69) is 9.98 Å². The molecule has 1 aliphatic rings. The summed E-state index contributed by atoms with van der Waals surface area (Å²) in [6.07, 6.45) is 5.20. The molecule has 1 aliphatic heterocycles. The molecular formula is C23H18ClN3O2S. The summed E-state index contributed by atoms with van der Waals surface area (Å²) >= 11 is 7.50. The molecule has 7 heteroatoms. The third kappa shape index (κ3) is 4.72. The van der Waals surface area contributed by atoms with Crippen LogP contribution >= 0.6 is 23.4 Å². The van der Waals surface area contributed by atoms with Crippen molar-refractivity contribution in [3.8, 4) is 5.75 Å². The molecule has 30 heavy (non-hydrogen) atoms. The first-order chi connectivity index (χ1) is 14.6. The average molecular weight is 436 g/mol. The number of hydrogen-bond acceptors (Lipinski definition) is 5. The van der Waals surface area contributed by atoms with Gasteiger partial charge in [0.15, 0.2) is 5.17 Å². The van der Waals surface area contributed by atoms with E-state index >= 15 is 0 Å². The molecule has 0 saturated carbocycles. The van der Waals surface area contributed by atoms with Gasteiger partial charge < -0.3 is 4.74 Å². The second-order valence-corrected chi connectivity index (χ2v) is 7.95. The molecule has 2 heterocycles. The van der Waals surface area contributed by atoms with Crippen LogP contribution in [0, 0.1) is 0 Å². The maximum Gasteiger partial charge on any atom is 0.266 e. The summed E-state index contributed by atoms with van der Waals surface area (Å²) < 4.78 is 5.81. The first-order valence-electron chi connectivity index (χ1n) is 9.23. The van der Waals surface area contributed by atoms with Crippen LogP contribution in [-0.4, -0.2) is 28.0 Å². The highest BCUT2D eigenvalue weighted by atomic mass is 35.5. The molecule has 5 nitrogen and oxygen atoms in total. The third-order valence-electron chi connectivity index (χ3n) is 4.40. The number of aliphatic imine (C=N–C) groups is 1. The zero-order valence-corrected chi connectivity index (χ0v) is 17.7. The lowest BCUT2D eigenvalue weighted by atomic mass is 10.2. The summed E-state index contributed by atoms with van der Waals surface area (Å²) in [5, 5.41) is 1.31. The molecule has 1 saturated heterocycles. The highest BCUT2D eigenvalue weighted by molar-refractivity contribution is 8.18. The van der Waals surface area contributed by atoms with Crippen molar-refractivity contribution < 1.29 is 9.53 Å². The van der Waals surface area contributed by atoms with Gasteiger partial charge in [0.25, 0.3) is 5.91 Å². The minimum Gasteiger partial charge on any atom is -0.489 e. The fraction of sp³-hybridized carbons (Fsp3) is 0.0870. The van der Waals surface area contributed by atoms with Crippen LogP contribution < -0.4 is 4.74 Å². The van der Waals surface area contributed by atoms with Gasteiger partial charge >= 0.3 is 0 Å². The second kappa shape index (κ2) is 9.15. The maximum absolute atomic E-state index is 12.6. The molecule has 3 aromatic rings. The predicted octanol–water partition coefficient (Wildman–Crippen LogP) is 5.55. The number of benzene rings is 2. The Morgan fingerprint density at radius 1 is 1.13 bits per heavy atom. The van der Waals surface area contributed by atoms with Crippen molar-refractivity contribution >= 4 is 46.2 Å². The van der Waals surface area contributed by atoms with Crippen LogP contribution in [0.5, 0.6) is 5.75 Å². The Morgan fingerprint density at radius 2 is 1.93 bits per heavy atom. The van der Waals surface area contributed by atoms with Gasteiger partial charge in [0.2, 0.25) is 0 Å². The van der Waals surface area contributed by atoms with E-state index in [1.165, 1.54) is 11.8 Å². The largest absolute Gasteiger partial charge is 0.489 e. The Labute approximate surface area is 184 Å². The van der Waals surface area contributed by atoms with Crippen molar-refractivity contribution in [1.82, 2.24) is 9.88 Å². The average Bonchev–Trinajstić information content (AvgIpc) is 3.03. The fourth-order valence-corrected chi connectivity index (χ4v) is 3.95. The van der Waals surface area contributed by atoms with Crippen molar-refractivity contribution in [2.24, 2.45) is 4.99 Å². The molecule has 0 unspecified atom stereocenters. The number of amides is 1. The SMILES string of the molecule is CN1C(=O)/C(=C/c2ccc(OCc3ccccc3Cl)cc2)SC1=Nc1cccnc1. The molecule has 150 valence electrons. The van der Waals surface area contributed by atoms with Gasteiger partial charge in [-0.05, 0) is 53.7 Å². The monoisotopic (exact) mass is 435 g/mol. The summed E-state index contributed by atoms with van der Waals surface area (Å²) in [5.41, 5.74) is 2.55. The number of halogens is 1. The zero-order valence-electron chi connectivity index (χ0n) is 16.2. The summed E-state index contributed by atoms with van der Waals surface area (Å²) in [6, 6.07) is 18.8. The molecule has 0 radical (unpaired) electrons. The maximum atomic E-state index is 12.6. The number of ether oxygens (including phenoxy) is 1. The Bertz CT molecular complexity index is 1110. The molecule has 0 N–H and O–H groups in total. The van der Waals surface area contributed by atoms with Gasteiger partial charge in [0.1, 0.15) is 12.4 Å². The van der Waals surface area contributed by atoms with Crippen LogP contribution in [0.2, 0.25) is 5.02 Å². The highest BCUT2D eigenvalue weighted by Crippen LogP contribution is 2.33. The molecule has 4 rings (SSSR count). The Hall–Kier alpha value is -3.09. The first kappa shape index (κ1) is 20.2. The number of pyridine rings is 1. The lowest BCUT2D eigenvalue weighted by Gasteiger charge is -2.08. The van der Waals surface area contributed by atoms with E-state index < -0.39 is 0 Å². The molecule has 0 atom stereocenters. The van der Waals surface area contributed by atoms with Gasteiger partial charge in [-0.15, -0.1) is 0 Å². The van der Waals surface area contributed by atoms with Crippen LogP contribution in [0.3, 0.4) is 0 Å². The van der Waals surface area contributed by atoms with Crippen molar-refractivity contribution in [3.63, 3.8) is 0 Å².